The third kappa shape index (κ3) is 3.92. The maximum atomic E-state index is 11.2. The smallest absolute Gasteiger partial charge is 0.340 e. The molecule has 0 radical (unpaired) electrons. The molecule has 6 nitrogen and oxygen atoms in total. The third-order valence-electron chi connectivity index (χ3n) is 2.36. The number of carbonyl (C=O) groups excluding carboxylic acids is 1. The summed E-state index contributed by atoms with van der Waals surface area (Å²) in [6, 6.07) is 0. The van der Waals surface area contributed by atoms with Crippen molar-refractivity contribution in [2.24, 2.45) is 0 Å². The zero-order chi connectivity index (χ0) is 14.6. The summed E-state index contributed by atoms with van der Waals surface area (Å²) in [6.07, 6.45) is 0. The molecule has 0 aromatic carbocycles. The van der Waals surface area contributed by atoms with Crippen molar-refractivity contribution in [3.8, 4) is 0 Å². The Hall–Kier alpha value is -1.63. The van der Waals surface area contributed by atoms with Crippen LogP contribution in [0.1, 0.15) is 41.6 Å². The van der Waals surface area contributed by atoms with E-state index in [4.69, 9.17) is 0 Å². The van der Waals surface area contributed by atoms with Crippen LogP contribution in [0.25, 0.3) is 0 Å². The average molecular weight is 284 g/mol. The minimum absolute atomic E-state index is 0.0186. The number of hydrogen-bond acceptors (Lipinski definition) is 6. The molecule has 7 heteroatoms. The fraction of sp³-hybridized carbons (Fsp3) is 0.500. The molecule has 0 saturated heterocycles. The zero-order valence-electron chi connectivity index (χ0n) is 11.3. The number of ether oxygens (including phenoxy) is 1. The van der Waals surface area contributed by atoms with Gasteiger partial charge in [-0.25, -0.2) is 14.8 Å². The quantitative estimate of drug-likeness (QED) is 0.501. The molecule has 1 N–H and O–H groups in total. The number of esters is 1. The van der Waals surface area contributed by atoms with Crippen LogP contribution in [0.2, 0.25) is 0 Å². The van der Waals surface area contributed by atoms with Gasteiger partial charge in [0, 0.05) is 5.92 Å². The van der Waals surface area contributed by atoms with Crippen molar-refractivity contribution in [1.29, 1.82) is 0 Å². The van der Waals surface area contributed by atoms with Crippen LogP contribution in [0.15, 0.2) is 5.03 Å². The first-order valence-electron chi connectivity index (χ1n) is 5.68. The lowest BCUT2D eigenvalue weighted by Gasteiger charge is -2.11. The minimum Gasteiger partial charge on any atom is -0.478 e. The van der Waals surface area contributed by atoms with E-state index in [1.807, 2.05) is 13.8 Å². The Bertz CT molecular complexity index is 503. The molecule has 1 heterocycles. The first-order chi connectivity index (χ1) is 8.86. The monoisotopic (exact) mass is 284 g/mol. The molecule has 0 fully saturated rings. The van der Waals surface area contributed by atoms with Gasteiger partial charge in [-0.1, -0.05) is 25.6 Å². The summed E-state index contributed by atoms with van der Waals surface area (Å²) >= 11 is 1.05. The lowest BCUT2D eigenvalue weighted by Crippen LogP contribution is -2.12. The highest BCUT2D eigenvalue weighted by Gasteiger charge is 2.20. The number of carbonyl (C=O) groups is 2. The molecule has 104 valence electrons. The highest BCUT2D eigenvalue weighted by atomic mass is 32.2. The van der Waals surface area contributed by atoms with E-state index in [0.717, 1.165) is 11.8 Å². The number of hydrogen-bond donors (Lipinski definition) is 1. The van der Waals surface area contributed by atoms with Crippen LogP contribution >= 0.6 is 11.8 Å². The van der Waals surface area contributed by atoms with Crippen molar-refractivity contribution < 1.29 is 19.4 Å². The number of thioether (sulfide) groups is 1. The SMILES string of the molecule is COC(=O)CSc1nc(C(C)C)nc(C)c1C(=O)O. The molecule has 0 aliphatic rings. The number of rotatable bonds is 5. The minimum atomic E-state index is -1.10. The predicted molar refractivity (Wildman–Crippen MR) is 70.6 cm³/mol. The number of carboxylic acids is 1. The molecule has 1 rings (SSSR count). The predicted octanol–water partition coefficient (Wildman–Crippen LogP) is 1.87. The second-order valence-corrected chi connectivity index (χ2v) is 5.14. The van der Waals surface area contributed by atoms with E-state index in [9.17, 15) is 14.7 Å². The van der Waals surface area contributed by atoms with Crippen molar-refractivity contribution in [3.63, 3.8) is 0 Å². The lowest BCUT2D eigenvalue weighted by molar-refractivity contribution is -0.137. The highest BCUT2D eigenvalue weighted by molar-refractivity contribution is 8.00. The van der Waals surface area contributed by atoms with Gasteiger partial charge in [0.2, 0.25) is 0 Å². The molecule has 1 aromatic rings. The summed E-state index contributed by atoms with van der Waals surface area (Å²) in [4.78, 5) is 30.8. The molecule has 0 aliphatic carbocycles. The molecule has 0 saturated carbocycles. The van der Waals surface area contributed by atoms with Gasteiger partial charge in [-0.2, -0.15) is 0 Å². The van der Waals surface area contributed by atoms with Crippen molar-refractivity contribution in [1.82, 2.24) is 9.97 Å². The zero-order valence-corrected chi connectivity index (χ0v) is 12.1. The Morgan fingerprint density at radius 3 is 2.47 bits per heavy atom. The Labute approximate surface area is 115 Å². The Morgan fingerprint density at radius 2 is 2.00 bits per heavy atom. The molecular formula is C12H16N2O4S. The van der Waals surface area contributed by atoms with Crippen LogP contribution in [-0.4, -0.2) is 39.9 Å². The van der Waals surface area contributed by atoms with Crippen LogP contribution < -0.4 is 0 Å². The summed E-state index contributed by atoms with van der Waals surface area (Å²) in [5.41, 5.74) is 0.442. The second kappa shape index (κ2) is 6.51. The van der Waals surface area contributed by atoms with Crippen LogP contribution in [0.3, 0.4) is 0 Å². The molecule has 0 amide bonds. The van der Waals surface area contributed by atoms with Gasteiger partial charge in [-0.15, -0.1) is 0 Å². The second-order valence-electron chi connectivity index (χ2n) is 4.17. The van der Waals surface area contributed by atoms with E-state index in [2.05, 4.69) is 14.7 Å². The number of carboxylic acid groups (broad SMARTS) is 1. The molecule has 0 aliphatic heterocycles. The summed E-state index contributed by atoms with van der Waals surface area (Å²) in [5, 5.41) is 9.49. The van der Waals surface area contributed by atoms with Crippen LogP contribution in [0.5, 0.6) is 0 Å². The van der Waals surface area contributed by atoms with Gasteiger partial charge < -0.3 is 9.84 Å². The summed E-state index contributed by atoms with van der Waals surface area (Å²) < 4.78 is 4.53. The number of nitrogens with zero attached hydrogens (tertiary/aromatic N) is 2. The molecule has 0 atom stereocenters. The van der Waals surface area contributed by atoms with E-state index >= 15 is 0 Å². The van der Waals surface area contributed by atoms with Gasteiger partial charge >= 0.3 is 11.9 Å². The highest BCUT2D eigenvalue weighted by Crippen LogP contribution is 2.25. The van der Waals surface area contributed by atoms with E-state index in [0.29, 0.717) is 16.5 Å². The first-order valence-corrected chi connectivity index (χ1v) is 6.66. The van der Waals surface area contributed by atoms with Crippen LogP contribution in [0.4, 0.5) is 0 Å². The molecule has 0 unspecified atom stereocenters. The van der Waals surface area contributed by atoms with E-state index < -0.39 is 11.9 Å². The molecule has 19 heavy (non-hydrogen) atoms. The van der Waals surface area contributed by atoms with Crippen LogP contribution in [0, 0.1) is 6.92 Å². The molecule has 0 bridgehead atoms. The largest absolute Gasteiger partial charge is 0.478 e. The normalized spacial score (nSPS) is 10.6. The maximum absolute atomic E-state index is 11.2. The van der Waals surface area contributed by atoms with E-state index in [-0.39, 0.29) is 17.2 Å². The Morgan fingerprint density at radius 1 is 1.37 bits per heavy atom. The van der Waals surface area contributed by atoms with Crippen molar-refractivity contribution >= 4 is 23.7 Å². The Kier molecular flexibility index (Phi) is 5.29. The van der Waals surface area contributed by atoms with E-state index in [1.165, 1.54) is 7.11 Å². The van der Waals surface area contributed by atoms with Gasteiger partial charge in [0.25, 0.3) is 0 Å². The topological polar surface area (TPSA) is 89.4 Å². The first kappa shape index (κ1) is 15.4. The summed E-state index contributed by atoms with van der Waals surface area (Å²) in [7, 11) is 1.28. The van der Waals surface area contributed by atoms with Crippen molar-refractivity contribution in [2.75, 3.05) is 12.9 Å². The Balaban J connectivity index is 3.16. The molecule has 1 aromatic heterocycles. The van der Waals surface area contributed by atoms with Gasteiger partial charge in [0.1, 0.15) is 16.4 Å². The fourth-order valence-electron chi connectivity index (χ4n) is 1.36. The van der Waals surface area contributed by atoms with E-state index in [1.54, 1.807) is 6.92 Å². The molecular weight excluding hydrogens is 268 g/mol. The van der Waals surface area contributed by atoms with Crippen LogP contribution in [-0.2, 0) is 9.53 Å². The maximum Gasteiger partial charge on any atom is 0.340 e. The van der Waals surface area contributed by atoms with Gasteiger partial charge in [0.15, 0.2) is 0 Å². The average Bonchev–Trinajstić information content (AvgIpc) is 2.34. The van der Waals surface area contributed by atoms with Gasteiger partial charge in [-0.3, -0.25) is 4.79 Å². The number of aromatic carboxylic acids is 1. The van der Waals surface area contributed by atoms with Gasteiger partial charge in [-0.05, 0) is 6.92 Å². The summed E-state index contributed by atoms with van der Waals surface area (Å²) in [6.45, 7) is 5.47. The lowest BCUT2D eigenvalue weighted by atomic mass is 10.2. The van der Waals surface area contributed by atoms with Crippen molar-refractivity contribution in [3.05, 3.63) is 17.1 Å². The third-order valence-corrected chi connectivity index (χ3v) is 3.31. The number of aryl methyl sites for hydroxylation is 1. The summed E-state index contributed by atoms with van der Waals surface area (Å²) in [5.74, 6) is -0.858. The number of aromatic nitrogens is 2. The fourth-order valence-corrected chi connectivity index (χ4v) is 2.27. The standard InChI is InChI=1S/C12H16N2O4S/c1-6(2)10-13-7(3)9(12(16)17)11(14-10)19-5-8(15)18-4/h6H,5H2,1-4H3,(H,16,17). The van der Waals surface area contributed by atoms with Crippen molar-refractivity contribution in [2.45, 2.75) is 31.7 Å². The molecule has 0 spiro atoms. The number of methoxy groups -OCH3 is 1. The van der Waals surface area contributed by atoms with Gasteiger partial charge in [0.05, 0.1) is 18.6 Å².